The van der Waals surface area contributed by atoms with Crippen LogP contribution >= 0.6 is 15.9 Å². The summed E-state index contributed by atoms with van der Waals surface area (Å²) in [7, 11) is 1.77. The maximum absolute atomic E-state index is 5.23. The highest BCUT2D eigenvalue weighted by Crippen LogP contribution is 2.33. The molecule has 0 radical (unpaired) electrons. The molecule has 0 aliphatic heterocycles. The smallest absolute Gasteiger partial charge is 0.0637 e. The molecule has 0 bridgehead atoms. The van der Waals surface area contributed by atoms with E-state index in [2.05, 4.69) is 51.3 Å². The monoisotopic (exact) mass is 340 g/mol. The van der Waals surface area contributed by atoms with Gasteiger partial charge in [-0.05, 0) is 43.5 Å². The third-order valence-electron chi connectivity index (χ3n) is 3.63. The van der Waals surface area contributed by atoms with Crippen molar-refractivity contribution < 1.29 is 4.74 Å². The SMILES string of the molecule is CCCNCc1ccc(N(CCOC)C2CC2)cc1Br. The fourth-order valence-corrected chi connectivity index (χ4v) is 2.86. The maximum atomic E-state index is 5.23. The predicted molar refractivity (Wildman–Crippen MR) is 88.4 cm³/mol. The van der Waals surface area contributed by atoms with E-state index in [9.17, 15) is 0 Å². The van der Waals surface area contributed by atoms with Crippen molar-refractivity contribution in [3.63, 3.8) is 0 Å². The standard InChI is InChI=1S/C16H25BrN2O/c1-3-8-18-12-13-4-5-15(11-16(13)17)19(9-10-20-2)14-6-7-14/h4-5,11,14,18H,3,6-10,12H2,1-2H3. The van der Waals surface area contributed by atoms with E-state index < -0.39 is 0 Å². The van der Waals surface area contributed by atoms with E-state index in [1.54, 1.807) is 7.11 Å². The molecule has 1 aromatic rings. The van der Waals surface area contributed by atoms with Crippen molar-refractivity contribution in [2.45, 2.75) is 38.8 Å². The van der Waals surface area contributed by atoms with Gasteiger partial charge in [0.15, 0.2) is 0 Å². The van der Waals surface area contributed by atoms with Gasteiger partial charge in [0.1, 0.15) is 0 Å². The Balaban J connectivity index is 2.02. The van der Waals surface area contributed by atoms with Gasteiger partial charge in [0.05, 0.1) is 6.61 Å². The number of methoxy groups -OCH3 is 1. The van der Waals surface area contributed by atoms with E-state index >= 15 is 0 Å². The second-order valence-electron chi connectivity index (χ2n) is 5.37. The molecule has 0 atom stereocenters. The number of hydrogen-bond acceptors (Lipinski definition) is 3. The lowest BCUT2D eigenvalue weighted by Gasteiger charge is -2.25. The van der Waals surface area contributed by atoms with Crippen LogP contribution in [-0.4, -0.2) is 32.8 Å². The summed E-state index contributed by atoms with van der Waals surface area (Å²) in [4.78, 5) is 2.47. The molecule has 1 aliphatic carbocycles. The molecule has 0 aromatic heterocycles. The first kappa shape index (κ1) is 15.8. The van der Waals surface area contributed by atoms with Gasteiger partial charge in [0, 0.05) is 36.4 Å². The van der Waals surface area contributed by atoms with Crippen molar-refractivity contribution in [3.05, 3.63) is 28.2 Å². The molecule has 1 fully saturated rings. The van der Waals surface area contributed by atoms with Crippen LogP contribution in [0.3, 0.4) is 0 Å². The van der Waals surface area contributed by atoms with Crippen LogP contribution in [0.1, 0.15) is 31.7 Å². The van der Waals surface area contributed by atoms with Crippen LogP contribution in [0.5, 0.6) is 0 Å². The highest BCUT2D eigenvalue weighted by atomic mass is 79.9. The summed E-state index contributed by atoms with van der Waals surface area (Å²) < 4.78 is 6.42. The zero-order chi connectivity index (χ0) is 14.4. The van der Waals surface area contributed by atoms with Gasteiger partial charge < -0.3 is 15.0 Å². The number of hydrogen-bond donors (Lipinski definition) is 1. The second kappa shape index (κ2) is 8.01. The first-order valence-corrected chi connectivity index (χ1v) is 8.30. The Hall–Kier alpha value is -0.580. The summed E-state index contributed by atoms with van der Waals surface area (Å²) in [6.07, 6.45) is 3.78. The summed E-state index contributed by atoms with van der Waals surface area (Å²) in [5.41, 5.74) is 2.63. The fraction of sp³-hybridized carbons (Fsp3) is 0.625. The van der Waals surface area contributed by atoms with E-state index in [1.165, 1.54) is 35.0 Å². The van der Waals surface area contributed by atoms with Gasteiger partial charge in [-0.25, -0.2) is 0 Å². The Kier molecular flexibility index (Phi) is 6.33. The molecular formula is C16H25BrN2O. The zero-order valence-electron chi connectivity index (χ0n) is 12.5. The molecule has 0 saturated heterocycles. The molecule has 0 unspecified atom stereocenters. The van der Waals surface area contributed by atoms with Gasteiger partial charge in [-0.3, -0.25) is 0 Å². The van der Waals surface area contributed by atoms with Crippen LogP contribution in [0.4, 0.5) is 5.69 Å². The van der Waals surface area contributed by atoms with Gasteiger partial charge in [0.25, 0.3) is 0 Å². The summed E-state index contributed by atoms with van der Waals surface area (Å²) in [6, 6.07) is 7.42. The average molecular weight is 341 g/mol. The summed E-state index contributed by atoms with van der Waals surface area (Å²) in [6.45, 7) is 5.94. The molecule has 1 saturated carbocycles. The molecule has 1 aromatic carbocycles. The van der Waals surface area contributed by atoms with Crippen LogP contribution in [0, 0.1) is 0 Å². The van der Waals surface area contributed by atoms with E-state index in [0.717, 1.165) is 26.2 Å². The van der Waals surface area contributed by atoms with Crippen LogP contribution in [0.15, 0.2) is 22.7 Å². The van der Waals surface area contributed by atoms with Crippen LogP contribution < -0.4 is 10.2 Å². The molecule has 3 nitrogen and oxygen atoms in total. The molecule has 112 valence electrons. The van der Waals surface area contributed by atoms with Crippen LogP contribution in [0.25, 0.3) is 0 Å². The Labute approximate surface area is 130 Å². The minimum Gasteiger partial charge on any atom is -0.383 e. The number of halogens is 1. The number of anilines is 1. The lowest BCUT2D eigenvalue weighted by atomic mass is 10.2. The van der Waals surface area contributed by atoms with Gasteiger partial charge in [-0.2, -0.15) is 0 Å². The Bertz CT molecular complexity index is 421. The first-order chi connectivity index (χ1) is 9.76. The third-order valence-corrected chi connectivity index (χ3v) is 4.37. The van der Waals surface area contributed by atoms with E-state index in [1.807, 2.05) is 0 Å². The largest absolute Gasteiger partial charge is 0.383 e. The number of benzene rings is 1. The highest BCUT2D eigenvalue weighted by molar-refractivity contribution is 9.10. The van der Waals surface area contributed by atoms with Gasteiger partial charge >= 0.3 is 0 Å². The van der Waals surface area contributed by atoms with E-state index in [-0.39, 0.29) is 0 Å². The van der Waals surface area contributed by atoms with Crippen molar-refractivity contribution in [3.8, 4) is 0 Å². The van der Waals surface area contributed by atoms with E-state index in [4.69, 9.17) is 4.74 Å². The van der Waals surface area contributed by atoms with Crippen LogP contribution in [-0.2, 0) is 11.3 Å². The van der Waals surface area contributed by atoms with E-state index in [0.29, 0.717) is 6.04 Å². The zero-order valence-corrected chi connectivity index (χ0v) is 14.1. The lowest BCUT2D eigenvalue weighted by Crippen LogP contribution is -2.29. The van der Waals surface area contributed by atoms with Crippen LogP contribution in [0.2, 0.25) is 0 Å². The van der Waals surface area contributed by atoms with Gasteiger partial charge in [-0.1, -0.05) is 28.9 Å². The maximum Gasteiger partial charge on any atom is 0.0637 e. The molecular weight excluding hydrogens is 316 g/mol. The third kappa shape index (κ3) is 4.47. The van der Waals surface area contributed by atoms with Gasteiger partial charge in [0.2, 0.25) is 0 Å². The lowest BCUT2D eigenvalue weighted by molar-refractivity contribution is 0.205. The summed E-state index contributed by atoms with van der Waals surface area (Å²) in [5.74, 6) is 0. The molecule has 2 rings (SSSR count). The molecule has 0 spiro atoms. The molecule has 0 heterocycles. The molecule has 4 heteroatoms. The Morgan fingerprint density at radius 3 is 2.80 bits per heavy atom. The van der Waals surface area contributed by atoms with Crippen molar-refractivity contribution in [2.75, 3.05) is 31.7 Å². The number of nitrogens with zero attached hydrogens (tertiary/aromatic N) is 1. The highest BCUT2D eigenvalue weighted by Gasteiger charge is 2.29. The van der Waals surface area contributed by atoms with Crippen molar-refractivity contribution in [1.82, 2.24) is 5.32 Å². The average Bonchev–Trinajstić information content (AvgIpc) is 3.26. The summed E-state index contributed by atoms with van der Waals surface area (Å²) in [5, 5.41) is 3.45. The second-order valence-corrected chi connectivity index (χ2v) is 6.22. The van der Waals surface area contributed by atoms with Crippen molar-refractivity contribution in [2.24, 2.45) is 0 Å². The predicted octanol–water partition coefficient (Wildman–Crippen LogP) is 3.56. The van der Waals surface area contributed by atoms with Crippen molar-refractivity contribution in [1.29, 1.82) is 0 Å². The number of rotatable bonds is 9. The normalized spacial score (nSPS) is 14.6. The van der Waals surface area contributed by atoms with Gasteiger partial charge in [-0.15, -0.1) is 0 Å². The molecule has 1 N–H and O–H groups in total. The minimum atomic E-state index is 0.709. The Morgan fingerprint density at radius 1 is 1.40 bits per heavy atom. The quantitative estimate of drug-likeness (QED) is 0.695. The van der Waals surface area contributed by atoms with Crippen molar-refractivity contribution >= 4 is 21.6 Å². The number of ether oxygens (including phenoxy) is 1. The molecule has 20 heavy (non-hydrogen) atoms. The summed E-state index contributed by atoms with van der Waals surface area (Å²) >= 11 is 3.71. The first-order valence-electron chi connectivity index (χ1n) is 7.51. The Morgan fingerprint density at radius 2 is 2.20 bits per heavy atom. The number of nitrogens with one attached hydrogen (secondary N) is 1. The topological polar surface area (TPSA) is 24.5 Å². The molecule has 1 aliphatic rings. The minimum absolute atomic E-state index is 0.709. The fourth-order valence-electron chi connectivity index (χ4n) is 2.36. The molecule has 0 amide bonds.